The molecule has 6 nitrogen and oxygen atoms in total. The van der Waals surface area contributed by atoms with E-state index in [9.17, 15) is 4.79 Å². The Morgan fingerprint density at radius 1 is 1.07 bits per heavy atom. The van der Waals surface area contributed by atoms with Crippen LogP contribution in [0.4, 0.5) is 5.69 Å². The average Bonchev–Trinajstić information content (AvgIpc) is 3.10. The Balaban J connectivity index is 1.46. The maximum absolute atomic E-state index is 13.0. The third kappa shape index (κ3) is 4.03. The van der Waals surface area contributed by atoms with Gasteiger partial charge in [0.2, 0.25) is 5.91 Å². The Morgan fingerprint density at radius 3 is 2.53 bits per heavy atom. The summed E-state index contributed by atoms with van der Waals surface area (Å²) in [6.07, 6.45) is 0. The zero-order valence-electron chi connectivity index (χ0n) is 17.7. The number of nitrogens with one attached hydrogen (secondary N) is 1. The molecule has 1 N–H and O–H groups in total. The van der Waals surface area contributed by atoms with Gasteiger partial charge in [0.25, 0.3) is 0 Å². The van der Waals surface area contributed by atoms with E-state index in [0.29, 0.717) is 23.7 Å². The normalized spacial score (nSPS) is 14.2. The van der Waals surface area contributed by atoms with Crippen molar-refractivity contribution in [3.63, 3.8) is 0 Å². The van der Waals surface area contributed by atoms with E-state index in [1.807, 2.05) is 30.0 Å². The highest BCUT2D eigenvalue weighted by molar-refractivity contribution is 7.71. The first-order chi connectivity index (χ1) is 14.4. The van der Waals surface area contributed by atoms with Crippen molar-refractivity contribution in [3.8, 4) is 11.4 Å². The molecule has 30 heavy (non-hydrogen) atoms. The predicted octanol–water partition coefficient (Wildman–Crippen LogP) is 3.88. The van der Waals surface area contributed by atoms with Crippen LogP contribution in [0.3, 0.4) is 0 Å². The maximum Gasteiger partial charge on any atom is 0.242 e. The monoisotopic (exact) mass is 421 g/mol. The van der Waals surface area contributed by atoms with Crippen LogP contribution >= 0.6 is 12.2 Å². The third-order valence-corrected chi connectivity index (χ3v) is 6.19. The molecule has 1 amide bonds. The van der Waals surface area contributed by atoms with Crippen LogP contribution < -0.4 is 4.90 Å². The van der Waals surface area contributed by atoms with Crippen LogP contribution in [0.15, 0.2) is 42.5 Å². The summed E-state index contributed by atoms with van der Waals surface area (Å²) in [7, 11) is 0. The minimum Gasteiger partial charge on any atom is -0.368 e. The van der Waals surface area contributed by atoms with Crippen molar-refractivity contribution >= 4 is 23.8 Å². The molecule has 156 valence electrons. The molecular weight excluding hydrogens is 394 g/mol. The third-order valence-electron chi connectivity index (χ3n) is 5.88. The van der Waals surface area contributed by atoms with Gasteiger partial charge in [0.15, 0.2) is 10.6 Å². The molecule has 7 heteroatoms. The quantitative estimate of drug-likeness (QED) is 0.650. The molecule has 2 aromatic carbocycles. The van der Waals surface area contributed by atoms with Gasteiger partial charge in [-0.3, -0.25) is 14.5 Å². The number of aromatic amines is 1. The molecule has 1 saturated heterocycles. The van der Waals surface area contributed by atoms with E-state index in [1.165, 1.54) is 16.8 Å². The molecule has 1 aliphatic heterocycles. The van der Waals surface area contributed by atoms with Gasteiger partial charge in [0, 0.05) is 37.4 Å². The van der Waals surface area contributed by atoms with Gasteiger partial charge in [0.1, 0.15) is 6.54 Å². The van der Waals surface area contributed by atoms with Crippen molar-refractivity contribution in [2.45, 2.75) is 27.3 Å². The summed E-state index contributed by atoms with van der Waals surface area (Å²) in [4.78, 5) is 17.3. The highest BCUT2D eigenvalue weighted by Crippen LogP contribution is 2.24. The second kappa shape index (κ2) is 8.44. The number of hydrogen-bond acceptors (Lipinski definition) is 4. The number of hydrogen-bond donors (Lipinski definition) is 1. The van der Waals surface area contributed by atoms with Crippen molar-refractivity contribution in [1.82, 2.24) is 19.7 Å². The first-order valence-corrected chi connectivity index (χ1v) is 10.7. The van der Waals surface area contributed by atoms with Crippen molar-refractivity contribution in [2.24, 2.45) is 0 Å². The van der Waals surface area contributed by atoms with Gasteiger partial charge in [-0.25, -0.2) is 0 Å². The summed E-state index contributed by atoms with van der Waals surface area (Å²) in [6, 6.07) is 14.5. The summed E-state index contributed by atoms with van der Waals surface area (Å²) in [5.74, 6) is 0.771. The summed E-state index contributed by atoms with van der Waals surface area (Å²) < 4.78 is 2.26. The molecule has 1 fully saturated rings. The number of benzene rings is 2. The van der Waals surface area contributed by atoms with Gasteiger partial charge in [-0.1, -0.05) is 35.9 Å². The minimum absolute atomic E-state index is 0.0713. The van der Waals surface area contributed by atoms with Crippen molar-refractivity contribution in [3.05, 3.63) is 63.9 Å². The van der Waals surface area contributed by atoms with Crippen LogP contribution in [0.25, 0.3) is 11.4 Å². The number of carbonyl (C=O) groups is 1. The topological polar surface area (TPSA) is 57.2 Å². The molecule has 0 aliphatic carbocycles. The first-order valence-electron chi connectivity index (χ1n) is 10.2. The number of anilines is 1. The van der Waals surface area contributed by atoms with Gasteiger partial charge in [-0.2, -0.15) is 5.10 Å². The highest BCUT2D eigenvalue weighted by atomic mass is 32.1. The molecule has 4 rings (SSSR count). The molecule has 0 bridgehead atoms. The lowest BCUT2D eigenvalue weighted by molar-refractivity contribution is -0.132. The molecule has 0 atom stereocenters. The second-order valence-corrected chi connectivity index (χ2v) is 8.28. The van der Waals surface area contributed by atoms with Gasteiger partial charge in [0.05, 0.1) is 0 Å². The number of carbonyl (C=O) groups excluding carboxylic acids is 1. The predicted molar refractivity (Wildman–Crippen MR) is 122 cm³/mol. The van der Waals surface area contributed by atoms with Crippen LogP contribution in [0, 0.1) is 25.5 Å². The summed E-state index contributed by atoms with van der Waals surface area (Å²) in [6.45, 7) is 9.61. The lowest BCUT2D eigenvalue weighted by Crippen LogP contribution is -2.49. The van der Waals surface area contributed by atoms with E-state index in [-0.39, 0.29) is 12.5 Å². The van der Waals surface area contributed by atoms with Gasteiger partial charge in [-0.15, -0.1) is 0 Å². The summed E-state index contributed by atoms with van der Waals surface area (Å²) in [5, 5.41) is 7.20. The maximum atomic E-state index is 13.0. The van der Waals surface area contributed by atoms with Crippen LogP contribution in [-0.2, 0) is 11.3 Å². The summed E-state index contributed by atoms with van der Waals surface area (Å²) >= 11 is 5.40. The Kier molecular flexibility index (Phi) is 5.72. The molecule has 1 aromatic heterocycles. The number of aryl methyl sites for hydroxylation is 2. The fourth-order valence-corrected chi connectivity index (χ4v) is 4.18. The van der Waals surface area contributed by atoms with E-state index in [1.54, 1.807) is 4.57 Å². The number of amides is 1. The van der Waals surface area contributed by atoms with E-state index < -0.39 is 0 Å². The van der Waals surface area contributed by atoms with Crippen LogP contribution in [-0.4, -0.2) is 51.8 Å². The Labute approximate surface area is 182 Å². The smallest absolute Gasteiger partial charge is 0.242 e. The molecule has 1 aliphatic rings. The molecule has 0 unspecified atom stereocenters. The van der Waals surface area contributed by atoms with Crippen LogP contribution in [0.2, 0.25) is 0 Å². The van der Waals surface area contributed by atoms with E-state index in [4.69, 9.17) is 12.2 Å². The number of nitrogens with zero attached hydrogens (tertiary/aromatic N) is 4. The van der Waals surface area contributed by atoms with Gasteiger partial charge >= 0.3 is 0 Å². The van der Waals surface area contributed by atoms with Crippen molar-refractivity contribution < 1.29 is 4.79 Å². The highest BCUT2D eigenvalue weighted by Gasteiger charge is 2.23. The zero-order chi connectivity index (χ0) is 21.3. The molecule has 3 aromatic rings. The second-order valence-electron chi connectivity index (χ2n) is 7.89. The largest absolute Gasteiger partial charge is 0.368 e. The first kappa shape index (κ1) is 20.3. The lowest BCUT2D eigenvalue weighted by Gasteiger charge is -2.37. The van der Waals surface area contributed by atoms with Gasteiger partial charge in [-0.05, 0) is 56.2 Å². The fourth-order valence-electron chi connectivity index (χ4n) is 3.98. The summed E-state index contributed by atoms with van der Waals surface area (Å²) in [5.41, 5.74) is 5.96. The lowest BCUT2D eigenvalue weighted by atomic mass is 10.1. The van der Waals surface area contributed by atoms with Crippen LogP contribution in [0.5, 0.6) is 0 Å². The SMILES string of the molecule is Cc1cccc(-c2n[nH]c(=S)n2CC(=O)N2CCN(c3cccc(C)c3C)CC2)c1. The number of piperazine rings is 1. The van der Waals surface area contributed by atoms with Crippen molar-refractivity contribution in [2.75, 3.05) is 31.1 Å². The Bertz CT molecular complexity index is 1120. The Hall–Kier alpha value is -2.93. The van der Waals surface area contributed by atoms with Gasteiger partial charge < -0.3 is 9.80 Å². The minimum atomic E-state index is 0.0713. The average molecular weight is 422 g/mol. The number of H-pyrrole nitrogens is 1. The standard InChI is InChI=1S/C23H27N5OS/c1-16-6-4-8-19(14-16)22-24-25-23(30)28(22)15-21(29)27-12-10-26(11-13-27)20-9-5-7-17(2)18(20)3/h4-9,14H,10-13,15H2,1-3H3,(H,25,30). The molecule has 0 spiro atoms. The fraction of sp³-hybridized carbons (Fsp3) is 0.348. The van der Waals surface area contributed by atoms with Crippen LogP contribution in [0.1, 0.15) is 16.7 Å². The molecule has 0 radical (unpaired) electrons. The van der Waals surface area contributed by atoms with Crippen molar-refractivity contribution in [1.29, 1.82) is 0 Å². The molecular formula is C23H27N5OS. The van der Waals surface area contributed by atoms with E-state index in [2.05, 4.69) is 53.2 Å². The van der Waals surface area contributed by atoms with E-state index >= 15 is 0 Å². The molecule has 2 heterocycles. The zero-order valence-corrected chi connectivity index (χ0v) is 18.5. The van der Waals surface area contributed by atoms with E-state index in [0.717, 1.165) is 24.2 Å². The number of rotatable bonds is 4. The Morgan fingerprint density at radius 2 is 1.80 bits per heavy atom. The molecule has 0 saturated carbocycles. The number of aromatic nitrogens is 3.